The van der Waals surface area contributed by atoms with Crippen molar-refractivity contribution in [3.05, 3.63) is 52.3 Å². The Kier molecular flexibility index (Phi) is 4.63. The van der Waals surface area contributed by atoms with Crippen LogP contribution in [0.1, 0.15) is 34.2 Å². The molecule has 28 heavy (non-hydrogen) atoms. The molecule has 4 rings (SSSR count). The second-order valence-corrected chi connectivity index (χ2v) is 9.75. The highest BCUT2D eigenvalue weighted by Crippen LogP contribution is 2.28. The summed E-state index contributed by atoms with van der Waals surface area (Å²) in [5, 5.41) is 8.60. The molecule has 1 N–H and O–H groups in total. The molecule has 0 aliphatic carbocycles. The Labute approximate surface area is 167 Å². The molecule has 9 heteroatoms. The van der Waals surface area contributed by atoms with Crippen molar-refractivity contribution >= 4 is 44.1 Å². The average molecular weight is 419 g/mol. The summed E-state index contributed by atoms with van der Waals surface area (Å²) in [6.45, 7) is 3.58. The second kappa shape index (κ2) is 6.86. The van der Waals surface area contributed by atoms with Crippen molar-refractivity contribution in [2.24, 2.45) is 0 Å². The molecule has 1 amide bonds. The van der Waals surface area contributed by atoms with Crippen LogP contribution in [-0.2, 0) is 9.84 Å². The van der Waals surface area contributed by atoms with Crippen LogP contribution < -0.4 is 5.32 Å². The summed E-state index contributed by atoms with van der Waals surface area (Å²) < 4.78 is 25.3. The lowest BCUT2D eigenvalue weighted by molar-refractivity contribution is 0.102. The van der Waals surface area contributed by atoms with Gasteiger partial charge in [0, 0.05) is 16.5 Å². The third kappa shape index (κ3) is 3.62. The van der Waals surface area contributed by atoms with Crippen molar-refractivity contribution in [1.82, 2.24) is 14.8 Å². The molecule has 0 unspecified atom stereocenters. The summed E-state index contributed by atoms with van der Waals surface area (Å²) in [6, 6.07) is 8.55. The number of hydrogen-bond donors (Lipinski definition) is 1. The van der Waals surface area contributed by atoms with Crippen LogP contribution in [0, 0.1) is 13.8 Å². The van der Waals surface area contributed by atoms with E-state index in [9.17, 15) is 13.2 Å². The number of rotatable bonds is 3. The van der Waals surface area contributed by atoms with Crippen LogP contribution in [-0.4, -0.2) is 40.6 Å². The van der Waals surface area contributed by atoms with E-state index >= 15 is 0 Å². The van der Waals surface area contributed by atoms with E-state index in [4.69, 9.17) is 11.6 Å². The van der Waals surface area contributed by atoms with E-state index in [2.05, 4.69) is 15.4 Å². The zero-order valence-corrected chi connectivity index (χ0v) is 17.0. The molecule has 0 radical (unpaired) electrons. The molecule has 1 aliphatic heterocycles. The Morgan fingerprint density at radius 2 is 2.04 bits per heavy atom. The number of nitrogens with one attached hydrogen (secondary N) is 1. The number of fused-ring (bicyclic) bond motifs is 1. The number of sulfone groups is 1. The molecular formula is C19H19ClN4O3S. The molecule has 2 aromatic heterocycles. The number of benzene rings is 1. The predicted octanol–water partition coefficient (Wildman–Crippen LogP) is 3.31. The van der Waals surface area contributed by atoms with Crippen molar-refractivity contribution < 1.29 is 13.2 Å². The summed E-state index contributed by atoms with van der Waals surface area (Å²) in [6.07, 6.45) is 0.487. The summed E-state index contributed by atoms with van der Waals surface area (Å²) in [5.41, 5.74) is 2.49. The van der Waals surface area contributed by atoms with Crippen LogP contribution in [0.4, 0.5) is 5.82 Å². The van der Waals surface area contributed by atoms with Gasteiger partial charge in [0.25, 0.3) is 5.91 Å². The van der Waals surface area contributed by atoms with Gasteiger partial charge in [-0.1, -0.05) is 11.6 Å². The zero-order valence-electron chi connectivity index (χ0n) is 15.4. The lowest BCUT2D eigenvalue weighted by Crippen LogP contribution is -2.20. The predicted molar refractivity (Wildman–Crippen MR) is 109 cm³/mol. The summed E-state index contributed by atoms with van der Waals surface area (Å²) in [7, 11) is -3.06. The lowest BCUT2D eigenvalue weighted by Gasteiger charge is -2.14. The maximum Gasteiger partial charge on any atom is 0.258 e. The third-order valence-electron chi connectivity index (χ3n) is 4.87. The van der Waals surface area contributed by atoms with Gasteiger partial charge < -0.3 is 5.32 Å². The highest BCUT2D eigenvalue weighted by Gasteiger charge is 2.31. The topological polar surface area (TPSA) is 94.0 Å². The van der Waals surface area contributed by atoms with E-state index in [-0.39, 0.29) is 23.5 Å². The molecule has 1 saturated heterocycles. The van der Waals surface area contributed by atoms with E-state index in [1.165, 1.54) is 0 Å². The highest BCUT2D eigenvalue weighted by molar-refractivity contribution is 7.91. The minimum Gasteiger partial charge on any atom is -0.307 e. The number of aromatic nitrogens is 3. The molecule has 0 saturated carbocycles. The molecule has 1 aliphatic rings. The van der Waals surface area contributed by atoms with Crippen molar-refractivity contribution in [3.63, 3.8) is 0 Å². The number of carbonyl (C=O) groups is 1. The van der Waals surface area contributed by atoms with Gasteiger partial charge in [-0.05, 0) is 44.5 Å². The Hall–Kier alpha value is -2.45. The number of nitrogens with zero attached hydrogens (tertiary/aromatic N) is 3. The number of amides is 1. The van der Waals surface area contributed by atoms with Crippen LogP contribution in [0.15, 0.2) is 30.3 Å². The van der Waals surface area contributed by atoms with Crippen LogP contribution in [0.25, 0.3) is 10.9 Å². The van der Waals surface area contributed by atoms with Gasteiger partial charge in [-0.25, -0.2) is 13.1 Å². The molecule has 0 bridgehead atoms. The van der Waals surface area contributed by atoms with Gasteiger partial charge in [-0.2, -0.15) is 5.10 Å². The number of anilines is 1. The minimum atomic E-state index is -3.06. The van der Waals surface area contributed by atoms with Gasteiger partial charge in [-0.3, -0.25) is 9.78 Å². The maximum absolute atomic E-state index is 12.9. The average Bonchev–Trinajstić information content (AvgIpc) is 3.16. The first-order valence-corrected chi connectivity index (χ1v) is 11.1. The largest absolute Gasteiger partial charge is 0.307 e. The Balaban J connectivity index is 1.66. The molecule has 3 aromatic rings. The van der Waals surface area contributed by atoms with Crippen LogP contribution >= 0.6 is 11.6 Å². The quantitative estimate of drug-likeness (QED) is 0.704. The Morgan fingerprint density at radius 3 is 2.75 bits per heavy atom. The van der Waals surface area contributed by atoms with Gasteiger partial charge in [0.2, 0.25) is 0 Å². The van der Waals surface area contributed by atoms with Crippen molar-refractivity contribution in [3.8, 4) is 0 Å². The zero-order chi connectivity index (χ0) is 20.1. The van der Waals surface area contributed by atoms with E-state index in [0.717, 1.165) is 10.9 Å². The lowest BCUT2D eigenvalue weighted by atomic mass is 10.1. The first kappa shape index (κ1) is 18.9. The number of pyridine rings is 1. The number of hydrogen-bond acceptors (Lipinski definition) is 5. The smallest absolute Gasteiger partial charge is 0.258 e. The van der Waals surface area contributed by atoms with Gasteiger partial charge in [0.05, 0.1) is 40.0 Å². The van der Waals surface area contributed by atoms with E-state index < -0.39 is 9.84 Å². The van der Waals surface area contributed by atoms with Crippen molar-refractivity contribution in [2.45, 2.75) is 26.3 Å². The van der Waals surface area contributed by atoms with Crippen LogP contribution in [0.3, 0.4) is 0 Å². The summed E-state index contributed by atoms with van der Waals surface area (Å²) in [5.74, 6) is 0.328. The fourth-order valence-electron chi connectivity index (χ4n) is 3.51. The van der Waals surface area contributed by atoms with E-state index in [1.807, 2.05) is 6.07 Å². The third-order valence-corrected chi connectivity index (χ3v) is 6.85. The summed E-state index contributed by atoms with van der Waals surface area (Å²) in [4.78, 5) is 17.4. The summed E-state index contributed by atoms with van der Waals surface area (Å²) >= 11 is 6.05. The monoisotopic (exact) mass is 418 g/mol. The number of carbonyl (C=O) groups excluding carboxylic acids is 1. The molecule has 7 nitrogen and oxygen atoms in total. The van der Waals surface area contributed by atoms with Gasteiger partial charge in [-0.15, -0.1) is 0 Å². The highest BCUT2D eigenvalue weighted by atomic mass is 35.5. The molecule has 0 spiro atoms. The first-order valence-electron chi connectivity index (χ1n) is 8.87. The SMILES string of the molecule is Cc1cc(NC(=O)c2cc3cc(Cl)ccc3nc2C)n([C@H]2CCS(=O)(=O)C2)n1. The normalized spacial score (nSPS) is 18.5. The van der Waals surface area contributed by atoms with Crippen molar-refractivity contribution in [1.29, 1.82) is 0 Å². The first-order chi connectivity index (χ1) is 13.2. The molecule has 1 atom stereocenters. The Bertz CT molecular complexity index is 1200. The number of halogens is 1. The molecule has 146 valence electrons. The van der Waals surface area contributed by atoms with Gasteiger partial charge in [0.15, 0.2) is 9.84 Å². The molecule has 3 heterocycles. The fraction of sp³-hybridized carbons (Fsp3) is 0.316. The molecule has 1 fully saturated rings. The Morgan fingerprint density at radius 1 is 1.25 bits per heavy atom. The van der Waals surface area contributed by atoms with Crippen molar-refractivity contribution in [2.75, 3.05) is 16.8 Å². The maximum atomic E-state index is 12.9. The van der Waals surface area contributed by atoms with Crippen LogP contribution in [0.2, 0.25) is 5.02 Å². The van der Waals surface area contributed by atoms with Gasteiger partial charge >= 0.3 is 0 Å². The molecule has 1 aromatic carbocycles. The van der Waals surface area contributed by atoms with E-state index in [1.54, 1.807) is 42.8 Å². The second-order valence-electron chi connectivity index (χ2n) is 7.08. The van der Waals surface area contributed by atoms with E-state index in [0.29, 0.717) is 34.2 Å². The standard InChI is InChI=1S/C19H19ClN4O3S/c1-11-7-18(24(23-11)15-5-6-28(26,27)10-15)22-19(25)16-9-13-8-14(20)3-4-17(13)21-12(16)2/h3-4,7-9,15H,5-6,10H2,1-2H3,(H,22,25)/t15-/m0/s1. The van der Waals surface area contributed by atoms with Gasteiger partial charge in [0.1, 0.15) is 5.82 Å². The fourth-order valence-corrected chi connectivity index (χ4v) is 5.39. The minimum absolute atomic E-state index is 0.0338. The molecular weight excluding hydrogens is 400 g/mol. The number of aryl methyl sites for hydroxylation is 2. The van der Waals surface area contributed by atoms with Crippen LogP contribution in [0.5, 0.6) is 0 Å².